The molecule has 13 heavy (non-hydrogen) atoms. The van der Waals surface area contributed by atoms with Crippen LogP contribution >= 0.6 is 23.4 Å². The van der Waals surface area contributed by atoms with E-state index < -0.39 is 0 Å². The number of hydrogen-bond donors (Lipinski definition) is 1. The fourth-order valence-corrected chi connectivity index (χ4v) is 1.71. The van der Waals surface area contributed by atoms with Crippen molar-refractivity contribution in [1.29, 1.82) is 0 Å². The molecule has 1 atom stereocenters. The van der Waals surface area contributed by atoms with E-state index in [4.69, 9.17) is 11.6 Å². The Morgan fingerprint density at radius 1 is 1.62 bits per heavy atom. The summed E-state index contributed by atoms with van der Waals surface area (Å²) in [6.45, 7) is 4.39. The highest BCUT2D eigenvalue weighted by Crippen LogP contribution is 2.17. The second-order valence-corrected chi connectivity index (χ2v) is 4.56. The monoisotopic (exact) mass is 219 g/mol. The van der Waals surface area contributed by atoms with Gasteiger partial charge in [0.05, 0.1) is 11.6 Å². The third-order valence-electron chi connectivity index (χ3n) is 1.78. The summed E-state index contributed by atoms with van der Waals surface area (Å²) < 4.78 is 0. The molecule has 0 spiro atoms. The predicted octanol–water partition coefficient (Wildman–Crippen LogP) is 2.58. The first-order valence-electron chi connectivity index (χ1n) is 4.34. The zero-order valence-electron chi connectivity index (χ0n) is 7.88. The fourth-order valence-electron chi connectivity index (χ4n) is 0.794. The van der Waals surface area contributed by atoms with Gasteiger partial charge in [0, 0.05) is 5.25 Å². The Kier molecular flexibility index (Phi) is 4.59. The van der Waals surface area contributed by atoms with Crippen molar-refractivity contribution in [2.75, 3.05) is 0 Å². The van der Waals surface area contributed by atoms with Crippen LogP contribution in [0.3, 0.4) is 0 Å². The maximum absolute atomic E-state index is 5.59. The van der Waals surface area contributed by atoms with E-state index in [1.807, 2.05) is 11.8 Å². The van der Waals surface area contributed by atoms with Gasteiger partial charge in [0.2, 0.25) is 0 Å². The third-order valence-corrected chi connectivity index (χ3v) is 3.36. The molecule has 0 fully saturated rings. The molecule has 0 aliphatic rings. The minimum Gasteiger partial charge on any atom is -0.262 e. The summed E-state index contributed by atoms with van der Waals surface area (Å²) >= 11 is 7.45. The lowest BCUT2D eigenvalue weighted by atomic mass is 10.4. The van der Waals surface area contributed by atoms with Crippen LogP contribution in [0.2, 0.25) is 0 Å². The van der Waals surface area contributed by atoms with E-state index in [0.29, 0.717) is 11.1 Å². The maximum atomic E-state index is 5.59. The molecule has 1 unspecified atom stereocenters. The summed E-state index contributed by atoms with van der Waals surface area (Å²) in [5, 5.41) is 7.51. The van der Waals surface area contributed by atoms with Crippen LogP contribution in [0.25, 0.3) is 0 Å². The van der Waals surface area contributed by atoms with Gasteiger partial charge in [-0.2, -0.15) is 16.9 Å². The smallest absolute Gasteiger partial charge is 0.160 e. The summed E-state index contributed by atoms with van der Waals surface area (Å²) in [7, 11) is 0. The van der Waals surface area contributed by atoms with E-state index in [-0.39, 0.29) is 0 Å². The van der Waals surface area contributed by atoms with E-state index in [1.165, 1.54) is 6.42 Å². The second-order valence-electron chi connectivity index (χ2n) is 2.86. The van der Waals surface area contributed by atoms with E-state index in [1.54, 1.807) is 0 Å². The summed E-state index contributed by atoms with van der Waals surface area (Å²) in [6, 6.07) is 0. The van der Waals surface area contributed by atoms with Crippen molar-refractivity contribution in [2.24, 2.45) is 0 Å². The van der Waals surface area contributed by atoms with Gasteiger partial charge in [-0.3, -0.25) is 5.10 Å². The Balaban J connectivity index is 2.36. The summed E-state index contributed by atoms with van der Waals surface area (Å²) in [6.07, 6.45) is 1.18. The average Bonchev–Trinajstić information content (AvgIpc) is 2.61. The number of halogens is 1. The first-order valence-corrected chi connectivity index (χ1v) is 5.92. The number of aromatic nitrogens is 3. The standard InChI is InChI=1S/C8H14ClN3S/c1-3-6(2)13-5-8-10-7(4-9)11-12-8/h6H,3-5H2,1-2H3,(H,10,11,12). The topological polar surface area (TPSA) is 41.6 Å². The lowest BCUT2D eigenvalue weighted by Gasteiger charge is -2.04. The number of nitrogens with zero attached hydrogens (tertiary/aromatic N) is 2. The second kappa shape index (κ2) is 5.50. The molecule has 74 valence electrons. The number of aromatic amines is 1. The van der Waals surface area contributed by atoms with Crippen LogP contribution in [0.4, 0.5) is 0 Å². The Hall–Kier alpha value is -0.220. The SMILES string of the molecule is CCC(C)SCc1n[nH]c(CCl)n1. The van der Waals surface area contributed by atoms with Crippen LogP contribution in [-0.2, 0) is 11.6 Å². The normalized spacial score (nSPS) is 13.2. The van der Waals surface area contributed by atoms with Gasteiger partial charge in [-0.05, 0) is 6.42 Å². The van der Waals surface area contributed by atoms with Crippen molar-refractivity contribution in [3.8, 4) is 0 Å². The molecule has 1 aromatic rings. The molecule has 1 N–H and O–H groups in total. The first-order chi connectivity index (χ1) is 6.26. The third kappa shape index (κ3) is 3.56. The molecular weight excluding hydrogens is 206 g/mol. The van der Waals surface area contributed by atoms with Crippen molar-refractivity contribution >= 4 is 23.4 Å². The molecule has 0 bridgehead atoms. The molecule has 0 aliphatic heterocycles. The number of thioether (sulfide) groups is 1. The Morgan fingerprint density at radius 3 is 2.92 bits per heavy atom. The Morgan fingerprint density at radius 2 is 2.38 bits per heavy atom. The van der Waals surface area contributed by atoms with Crippen LogP contribution in [0.15, 0.2) is 0 Å². The lowest BCUT2D eigenvalue weighted by molar-refractivity contribution is 0.901. The van der Waals surface area contributed by atoms with Crippen LogP contribution in [0.1, 0.15) is 31.9 Å². The van der Waals surface area contributed by atoms with Gasteiger partial charge < -0.3 is 0 Å². The summed E-state index contributed by atoms with van der Waals surface area (Å²) in [4.78, 5) is 4.22. The van der Waals surface area contributed by atoms with Crippen molar-refractivity contribution in [3.05, 3.63) is 11.6 Å². The van der Waals surface area contributed by atoms with Gasteiger partial charge in [-0.25, -0.2) is 4.98 Å². The minimum absolute atomic E-state index is 0.404. The number of hydrogen-bond acceptors (Lipinski definition) is 3. The number of nitrogens with one attached hydrogen (secondary N) is 1. The Labute approximate surface area is 87.7 Å². The van der Waals surface area contributed by atoms with Gasteiger partial charge in [0.25, 0.3) is 0 Å². The number of rotatable bonds is 5. The van der Waals surface area contributed by atoms with E-state index in [0.717, 1.165) is 17.4 Å². The summed E-state index contributed by atoms with van der Waals surface area (Å²) in [5.41, 5.74) is 0. The zero-order valence-corrected chi connectivity index (χ0v) is 9.45. The quantitative estimate of drug-likeness (QED) is 0.774. The highest BCUT2D eigenvalue weighted by atomic mass is 35.5. The van der Waals surface area contributed by atoms with Crippen LogP contribution < -0.4 is 0 Å². The van der Waals surface area contributed by atoms with E-state index >= 15 is 0 Å². The molecule has 0 amide bonds. The fraction of sp³-hybridized carbons (Fsp3) is 0.750. The molecule has 5 heteroatoms. The van der Waals surface area contributed by atoms with Gasteiger partial charge in [0.15, 0.2) is 5.82 Å². The first kappa shape index (κ1) is 10.9. The highest BCUT2D eigenvalue weighted by Gasteiger charge is 2.04. The maximum Gasteiger partial charge on any atom is 0.160 e. The molecule has 1 heterocycles. The molecule has 0 saturated carbocycles. The molecule has 1 rings (SSSR count). The van der Waals surface area contributed by atoms with Crippen LogP contribution in [-0.4, -0.2) is 20.4 Å². The van der Waals surface area contributed by atoms with Crippen molar-refractivity contribution in [2.45, 2.75) is 37.2 Å². The zero-order chi connectivity index (χ0) is 9.68. The van der Waals surface area contributed by atoms with Gasteiger partial charge in [-0.15, -0.1) is 11.6 Å². The minimum atomic E-state index is 0.404. The van der Waals surface area contributed by atoms with E-state index in [9.17, 15) is 0 Å². The molecule has 0 saturated heterocycles. The molecular formula is C8H14ClN3S. The van der Waals surface area contributed by atoms with E-state index in [2.05, 4.69) is 29.0 Å². The highest BCUT2D eigenvalue weighted by molar-refractivity contribution is 7.99. The molecule has 0 aromatic carbocycles. The molecule has 0 radical (unpaired) electrons. The van der Waals surface area contributed by atoms with Gasteiger partial charge in [-0.1, -0.05) is 13.8 Å². The molecule has 1 aromatic heterocycles. The largest absolute Gasteiger partial charge is 0.262 e. The van der Waals surface area contributed by atoms with Gasteiger partial charge >= 0.3 is 0 Å². The average molecular weight is 220 g/mol. The number of H-pyrrole nitrogens is 1. The van der Waals surface area contributed by atoms with Crippen molar-refractivity contribution in [1.82, 2.24) is 15.2 Å². The summed E-state index contributed by atoms with van der Waals surface area (Å²) in [5.74, 6) is 2.87. The van der Waals surface area contributed by atoms with Crippen LogP contribution in [0.5, 0.6) is 0 Å². The molecule has 3 nitrogen and oxygen atoms in total. The predicted molar refractivity (Wildman–Crippen MR) is 57.0 cm³/mol. The molecule has 0 aliphatic carbocycles. The lowest BCUT2D eigenvalue weighted by Crippen LogP contribution is -1.94. The van der Waals surface area contributed by atoms with Crippen LogP contribution in [0, 0.1) is 0 Å². The van der Waals surface area contributed by atoms with Crippen molar-refractivity contribution < 1.29 is 0 Å². The van der Waals surface area contributed by atoms with Gasteiger partial charge in [0.1, 0.15) is 5.82 Å². The Bertz CT molecular complexity index is 251. The van der Waals surface area contributed by atoms with Crippen molar-refractivity contribution in [3.63, 3.8) is 0 Å². The number of alkyl halides is 1.